The van der Waals surface area contributed by atoms with Crippen molar-refractivity contribution in [2.24, 2.45) is 11.7 Å². The average molecular weight is 334 g/mol. The lowest BCUT2D eigenvalue weighted by molar-refractivity contribution is 0.483. The van der Waals surface area contributed by atoms with Crippen LogP contribution >= 0.6 is 15.9 Å². The van der Waals surface area contributed by atoms with E-state index in [2.05, 4.69) is 40.8 Å². The number of rotatable bonds is 4. The Morgan fingerprint density at radius 1 is 1.20 bits per heavy atom. The van der Waals surface area contributed by atoms with Gasteiger partial charge in [0.05, 0.1) is 5.69 Å². The Kier molecular flexibility index (Phi) is 4.89. The van der Waals surface area contributed by atoms with Gasteiger partial charge in [0, 0.05) is 28.2 Å². The Labute approximate surface area is 128 Å². The fraction of sp³-hybridized carbons (Fsp3) is 0.375. The third-order valence-corrected chi connectivity index (χ3v) is 4.10. The molecule has 0 radical (unpaired) electrons. The summed E-state index contributed by atoms with van der Waals surface area (Å²) in [5, 5.41) is 0. The smallest absolute Gasteiger partial charge is 0.133 e. The molecule has 0 saturated carbocycles. The van der Waals surface area contributed by atoms with Crippen molar-refractivity contribution in [3.05, 3.63) is 46.3 Å². The van der Waals surface area contributed by atoms with Crippen LogP contribution in [0.25, 0.3) is 11.3 Å². The molecule has 20 heavy (non-hydrogen) atoms. The van der Waals surface area contributed by atoms with Gasteiger partial charge in [-0.2, -0.15) is 0 Å². The summed E-state index contributed by atoms with van der Waals surface area (Å²) in [7, 11) is 0. The highest BCUT2D eigenvalue weighted by Gasteiger charge is 2.18. The Bertz CT molecular complexity index is 596. The highest BCUT2D eigenvalue weighted by Crippen LogP contribution is 2.29. The van der Waals surface area contributed by atoms with Crippen LogP contribution in [0.3, 0.4) is 0 Å². The number of nitrogens with two attached hydrogens (primary N) is 1. The molecule has 0 spiro atoms. The lowest BCUT2D eigenvalue weighted by Gasteiger charge is -2.18. The van der Waals surface area contributed by atoms with Crippen molar-refractivity contribution in [2.45, 2.75) is 26.7 Å². The summed E-state index contributed by atoms with van der Waals surface area (Å²) in [6.45, 7) is 6.87. The van der Waals surface area contributed by atoms with Crippen LogP contribution in [0, 0.1) is 12.8 Å². The minimum atomic E-state index is 0.191. The van der Waals surface area contributed by atoms with Crippen LogP contribution < -0.4 is 5.73 Å². The van der Waals surface area contributed by atoms with Crippen LogP contribution in [-0.2, 0) is 0 Å². The summed E-state index contributed by atoms with van der Waals surface area (Å²) in [6.07, 6.45) is 0. The van der Waals surface area contributed by atoms with Gasteiger partial charge in [0.2, 0.25) is 0 Å². The Morgan fingerprint density at radius 3 is 2.50 bits per heavy atom. The average Bonchev–Trinajstić information content (AvgIpc) is 2.39. The van der Waals surface area contributed by atoms with Gasteiger partial charge in [-0.25, -0.2) is 9.97 Å². The van der Waals surface area contributed by atoms with Crippen LogP contribution in [0.15, 0.2) is 34.8 Å². The topological polar surface area (TPSA) is 51.8 Å². The number of hydrogen-bond donors (Lipinski definition) is 1. The molecule has 0 aliphatic rings. The summed E-state index contributed by atoms with van der Waals surface area (Å²) < 4.78 is 1.04. The number of nitrogens with zero attached hydrogens (tertiary/aromatic N) is 2. The molecule has 0 aliphatic carbocycles. The van der Waals surface area contributed by atoms with Gasteiger partial charge in [0.25, 0.3) is 0 Å². The fourth-order valence-electron chi connectivity index (χ4n) is 2.24. The van der Waals surface area contributed by atoms with E-state index in [0.29, 0.717) is 12.5 Å². The van der Waals surface area contributed by atoms with Crippen molar-refractivity contribution in [3.63, 3.8) is 0 Å². The second-order valence-electron chi connectivity index (χ2n) is 5.32. The molecule has 2 rings (SSSR count). The first-order valence-electron chi connectivity index (χ1n) is 6.83. The number of aromatic nitrogens is 2. The lowest BCUT2D eigenvalue weighted by atomic mass is 9.95. The molecule has 1 unspecified atom stereocenters. The molecule has 0 bridgehead atoms. The molecule has 0 fully saturated rings. The normalized spacial score (nSPS) is 12.7. The molecule has 0 aliphatic heterocycles. The summed E-state index contributed by atoms with van der Waals surface area (Å²) in [5.41, 5.74) is 8.88. The minimum Gasteiger partial charge on any atom is -0.330 e. The molecule has 4 heteroatoms. The van der Waals surface area contributed by atoms with E-state index in [-0.39, 0.29) is 5.92 Å². The van der Waals surface area contributed by atoms with E-state index in [0.717, 1.165) is 27.2 Å². The van der Waals surface area contributed by atoms with Crippen LogP contribution in [0.4, 0.5) is 0 Å². The second-order valence-corrected chi connectivity index (χ2v) is 6.17. The summed E-state index contributed by atoms with van der Waals surface area (Å²) >= 11 is 3.58. The predicted molar refractivity (Wildman–Crippen MR) is 86.5 cm³/mol. The van der Waals surface area contributed by atoms with E-state index < -0.39 is 0 Å². The highest BCUT2D eigenvalue weighted by atomic mass is 79.9. The SMILES string of the molecule is Cc1cc(-c2ccccc2Br)nc(C(CN)C(C)C)n1. The molecule has 1 atom stereocenters. The maximum absolute atomic E-state index is 5.89. The summed E-state index contributed by atoms with van der Waals surface area (Å²) in [5.74, 6) is 1.46. The van der Waals surface area contributed by atoms with E-state index in [1.807, 2.05) is 31.2 Å². The Hall–Kier alpha value is -1.26. The quantitative estimate of drug-likeness (QED) is 0.922. The van der Waals surface area contributed by atoms with Crippen molar-refractivity contribution in [1.29, 1.82) is 0 Å². The lowest BCUT2D eigenvalue weighted by Crippen LogP contribution is -2.20. The van der Waals surface area contributed by atoms with Crippen molar-refractivity contribution in [3.8, 4) is 11.3 Å². The maximum atomic E-state index is 5.89. The van der Waals surface area contributed by atoms with Gasteiger partial charge >= 0.3 is 0 Å². The Morgan fingerprint density at radius 2 is 1.90 bits per heavy atom. The number of aryl methyl sites for hydroxylation is 1. The standard InChI is InChI=1S/C16H20BrN3/c1-10(2)13(9-18)16-19-11(3)8-15(20-16)12-6-4-5-7-14(12)17/h4-8,10,13H,9,18H2,1-3H3. The van der Waals surface area contributed by atoms with Gasteiger partial charge in [0.1, 0.15) is 5.82 Å². The van der Waals surface area contributed by atoms with Gasteiger partial charge < -0.3 is 5.73 Å². The molecule has 2 aromatic rings. The van der Waals surface area contributed by atoms with E-state index in [1.54, 1.807) is 0 Å². The first-order chi connectivity index (χ1) is 9.52. The first kappa shape index (κ1) is 15.1. The third kappa shape index (κ3) is 3.25. The number of hydrogen-bond acceptors (Lipinski definition) is 3. The monoisotopic (exact) mass is 333 g/mol. The van der Waals surface area contributed by atoms with Crippen molar-refractivity contribution < 1.29 is 0 Å². The summed E-state index contributed by atoms with van der Waals surface area (Å²) in [4.78, 5) is 9.31. The van der Waals surface area contributed by atoms with Crippen LogP contribution in [0.1, 0.15) is 31.3 Å². The molecule has 2 N–H and O–H groups in total. The second kappa shape index (κ2) is 6.46. The van der Waals surface area contributed by atoms with Gasteiger partial charge in [-0.05, 0) is 25.0 Å². The molecule has 3 nitrogen and oxygen atoms in total. The third-order valence-electron chi connectivity index (χ3n) is 3.41. The maximum Gasteiger partial charge on any atom is 0.133 e. The molecule has 0 saturated heterocycles. The van der Waals surface area contributed by atoms with E-state index in [4.69, 9.17) is 10.7 Å². The zero-order valence-electron chi connectivity index (χ0n) is 12.1. The molecule has 1 aromatic carbocycles. The Balaban J connectivity index is 2.52. The molecular weight excluding hydrogens is 314 g/mol. The van der Waals surface area contributed by atoms with Gasteiger partial charge in [0.15, 0.2) is 0 Å². The summed E-state index contributed by atoms with van der Waals surface area (Å²) in [6, 6.07) is 10.1. The zero-order chi connectivity index (χ0) is 14.7. The largest absolute Gasteiger partial charge is 0.330 e. The van der Waals surface area contributed by atoms with Gasteiger partial charge in [-0.1, -0.05) is 48.0 Å². The van der Waals surface area contributed by atoms with Crippen molar-refractivity contribution in [2.75, 3.05) is 6.54 Å². The van der Waals surface area contributed by atoms with Crippen molar-refractivity contribution >= 4 is 15.9 Å². The van der Waals surface area contributed by atoms with Crippen molar-refractivity contribution in [1.82, 2.24) is 9.97 Å². The number of halogens is 1. The van der Waals surface area contributed by atoms with Crippen LogP contribution in [0.2, 0.25) is 0 Å². The van der Waals surface area contributed by atoms with E-state index >= 15 is 0 Å². The van der Waals surface area contributed by atoms with Gasteiger partial charge in [-0.3, -0.25) is 0 Å². The zero-order valence-corrected chi connectivity index (χ0v) is 13.7. The van der Waals surface area contributed by atoms with Crippen LogP contribution in [0.5, 0.6) is 0 Å². The van der Waals surface area contributed by atoms with E-state index in [1.165, 1.54) is 0 Å². The molecule has 106 valence electrons. The molecular formula is C16H20BrN3. The molecule has 1 aromatic heterocycles. The van der Waals surface area contributed by atoms with E-state index in [9.17, 15) is 0 Å². The predicted octanol–water partition coefficient (Wildman–Crippen LogP) is 3.91. The van der Waals surface area contributed by atoms with Gasteiger partial charge in [-0.15, -0.1) is 0 Å². The van der Waals surface area contributed by atoms with Crippen LogP contribution in [-0.4, -0.2) is 16.5 Å². The highest BCUT2D eigenvalue weighted by molar-refractivity contribution is 9.10. The number of benzene rings is 1. The molecule has 1 heterocycles. The minimum absolute atomic E-state index is 0.191. The first-order valence-corrected chi connectivity index (χ1v) is 7.62. The fourth-order valence-corrected chi connectivity index (χ4v) is 2.73. The molecule has 0 amide bonds.